The molecule has 3 N–H and O–H groups in total. The van der Waals surface area contributed by atoms with Crippen LogP contribution in [0.2, 0.25) is 0 Å². The van der Waals surface area contributed by atoms with Gasteiger partial charge in [0.15, 0.2) is 0 Å². The zero-order valence-corrected chi connectivity index (χ0v) is 14.4. The number of hydrogen-bond acceptors (Lipinski definition) is 3. The molecule has 21 heavy (non-hydrogen) atoms. The molecule has 0 amide bonds. The van der Waals surface area contributed by atoms with Gasteiger partial charge in [-0.05, 0) is 25.0 Å². The summed E-state index contributed by atoms with van der Waals surface area (Å²) in [4.78, 5) is 4.67. The summed E-state index contributed by atoms with van der Waals surface area (Å²) in [6.45, 7) is 7.91. The van der Waals surface area contributed by atoms with Crippen LogP contribution in [0.4, 0.5) is 0 Å². The molecule has 2 aromatic rings. The van der Waals surface area contributed by atoms with Gasteiger partial charge in [-0.15, -0.1) is 24.8 Å². The second-order valence-electron chi connectivity index (χ2n) is 5.63. The Morgan fingerprint density at radius 3 is 2.43 bits per heavy atom. The molecule has 3 nitrogen and oxygen atoms in total. The van der Waals surface area contributed by atoms with Gasteiger partial charge in [0.05, 0.1) is 11.2 Å². The maximum Gasteiger partial charge on any atom is 0.0705 e. The molecule has 118 valence electrons. The Morgan fingerprint density at radius 1 is 1.14 bits per heavy atom. The average Bonchev–Trinajstić information content (AvgIpc) is 2.44. The summed E-state index contributed by atoms with van der Waals surface area (Å²) in [5.41, 5.74) is 7.93. The van der Waals surface area contributed by atoms with Gasteiger partial charge in [0.25, 0.3) is 0 Å². The molecule has 0 spiro atoms. The van der Waals surface area contributed by atoms with E-state index in [-0.39, 0.29) is 30.4 Å². The maximum absolute atomic E-state index is 5.88. The van der Waals surface area contributed by atoms with E-state index in [9.17, 15) is 0 Å². The molecule has 1 atom stereocenters. The van der Waals surface area contributed by atoms with Gasteiger partial charge in [-0.3, -0.25) is 4.98 Å². The molecular weight excluding hydrogens is 305 g/mol. The number of rotatable bonds is 5. The normalized spacial score (nSPS) is 13.4. The molecule has 0 radical (unpaired) electrons. The topological polar surface area (TPSA) is 50.9 Å². The lowest BCUT2D eigenvalue weighted by atomic mass is 9.88. The molecule has 0 saturated heterocycles. The number of benzene rings is 1. The largest absolute Gasteiger partial charge is 0.329 e. The van der Waals surface area contributed by atoms with Crippen molar-refractivity contribution in [2.75, 3.05) is 6.54 Å². The van der Waals surface area contributed by atoms with Gasteiger partial charge in [0, 0.05) is 24.0 Å². The molecule has 0 aliphatic heterocycles. The SMILES string of the molecule is CC(C)C(C)(CN)NCc1ccc2ccccc2n1.Cl.Cl. The Hall–Kier alpha value is -0.870. The van der Waals surface area contributed by atoms with Gasteiger partial charge in [-0.1, -0.05) is 38.1 Å². The number of fused-ring (bicyclic) bond motifs is 1. The van der Waals surface area contributed by atoms with Crippen molar-refractivity contribution in [1.82, 2.24) is 10.3 Å². The summed E-state index contributed by atoms with van der Waals surface area (Å²) in [5, 5.41) is 4.72. The van der Waals surface area contributed by atoms with Crippen LogP contribution >= 0.6 is 24.8 Å². The van der Waals surface area contributed by atoms with Crippen molar-refractivity contribution in [2.45, 2.75) is 32.9 Å². The van der Waals surface area contributed by atoms with E-state index in [0.717, 1.165) is 17.8 Å². The summed E-state index contributed by atoms with van der Waals surface area (Å²) < 4.78 is 0. The van der Waals surface area contributed by atoms with Crippen LogP contribution in [0.3, 0.4) is 0 Å². The van der Waals surface area contributed by atoms with Crippen LogP contribution in [0.25, 0.3) is 10.9 Å². The number of pyridine rings is 1. The van der Waals surface area contributed by atoms with Crippen molar-refractivity contribution in [3.63, 3.8) is 0 Å². The molecule has 1 unspecified atom stereocenters. The monoisotopic (exact) mass is 329 g/mol. The van der Waals surface area contributed by atoms with Crippen molar-refractivity contribution in [3.8, 4) is 0 Å². The van der Waals surface area contributed by atoms with Crippen LogP contribution in [-0.4, -0.2) is 17.1 Å². The smallest absolute Gasteiger partial charge is 0.0705 e. The van der Waals surface area contributed by atoms with Gasteiger partial charge in [-0.25, -0.2) is 0 Å². The molecule has 1 aromatic heterocycles. The number of para-hydroxylation sites is 1. The van der Waals surface area contributed by atoms with E-state index >= 15 is 0 Å². The Balaban J connectivity index is 0.00000200. The highest BCUT2D eigenvalue weighted by Gasteiger charge is 2.25. The summed E-state index contributed by atoms with van der Waals surface area (Å²) >= 11 is 0. The number of hydrogen-bond donors (Lipinski definition) is 2. The minimum atomic E-state index is -0.0483. The van der Waals surface area contributed by atoms with Crippen molar-refractivity contribution < 1.29 is 0 Å². The molecule has 0 aliphatic rings. The van der Waals surface area contributed by atoms with Crippen LogP contribution in [-0.2, 0) is 6.54 Å². The second kappa shape index (κ2) is 8.54. The van der Waals surface area contributed by atoms with Crippen LogP contribution in [0.5, 0.6) is 0 Å². The standard InChI is InChI=1S/C16H23N3.2ClH/c1-12(2)16(3,11-17)18-10-14-9-8-13-6-4-5-7-15(13)19-14;;/h4-9,12,18H,10-11,17H2,1-3H3;2*1H. The van der Waals surface area contributed by atoms with Crippen LogP contribution in [0.1, 0.15) is 26.5 Å². The highest BCUT2D eigenvalue weighted by Crippen LogP contribution is 2.16. The number of halogens is 2. The van der Waals surface area contributed by atoms with Gasteiger partial charge >= 0.3 is 0 Å². The lowest BCUT2D eigenvalue weighted by molar-refractivity contribution is 0.266. The molecule has 0 fully saturated rings. The van der Waals surface area contributed by atoms with Gasteiger partial charge in [0.2, 0.25) is 0 Å². The minimum absolute atomic E-state index is 0. The Bertz CT molecular complexity index is 560. The van der Waals surface area contributed by atoms with Crippen LogP contribution in [0.15, 0.2) is 36.4 Å². The molecule has 5 heteroatoms. The lowest BCUT2D eigenvalue weighted by Gasteiger charge is -2.33. The zero-order valence-electron chi connectivity index (χ0n) is 12.8. The van der Waals surface area contributed by atoms with E-state index < -0.39 is 0 Å². The van der Waals surface area contributed by atoms with Gasteiger partial charge in [0.1, 0.15) is 0 Å². The molecule has 1 heterocycles. The van der Waals surface area contributed by atoms with Crippen LogP contribution in [0, 0.1) is 5.92 Å². The van der Waals surface area contributed by atoms with Crippen molar-refractivity contribution in [3.05, 3.63) is 42.1 Å². The van der Waals surface area contributed by atoms with Gasteiger partial charge < -0.3 is 11.1 Å². The van der Waals surface area contributed by atoms with E-state index in [4.69, 9.17) is 5.73 Å². The fourth-order valence-corrected chi connectivity index (χ4v) is 2.01. The first-order valence-electron chi connectivity index (χ1n) is 6.85. The Morgan fingerprint density at radius 2 is 1.81 bits per heavy atom. The predicted octanol–water partition coefficient (Wildman–Crippen LogP) is 3.54. The van der Waals surface area contributed by atoms with E-state index in [1.54, 1.807) is 0 Å². The highest BCUT2D eigenvalue weighted by molar-refractivity contribution is 5.85. The molecular formula is C16H25Cl2N3. The lowest BCUT2D eigenvalue weighted by Crippen LogP contribution is -2.52. The molecule has 1 aromatic carbocycles. The maximum atomic E-state index is 5.88. The molecule has 0 aliphatic carbocycles. The van der Waals surface area contributed by atoms with E-state index in [1.807, 2.05) is 18.2 Å². The van der Waals surface area contributed by atoms with E-state index in [0.29, 0.717) is 12.5 Å². The molecule has 2 rings (SSSR count). The highest BCUT2D eigenvalue weighted by atomic mass is 35.5. The fourth-order valence-electron chi connectivity index (χ4n) is 2.01. The van der Waals surface area contributed by atoms with Crippen molar-refractivity contribution in [2.24, 2.45) is 11.7 Å². The third-order valence-electron chi connectivity index (χ3n) is 4.03. The van der Waals surface area contributed by atoms with E-state index in [1.165, 1.54) is 5.39 Å². The first-order valence-corrected chi connectivity index (χ1v) is 6.85. The Kier molecular flexibility index (Phi) is 8.19. The molecule has 0 bridgehead atoms. The van der Waals surface area contributed by atoms with Crippen molar-refractivity contribution >= 4 is 35.7 Å². The van der Waals surface area contributed by atoms with Crippen molar-refractivity contribution in [1.29, 1.82) is 0 Å². The van der Waals surface area contributed by atoms with Gasteiger partial charge in [-0.2, -0.15) is 0 Å². The third kappa shape index (κ3) is 4.82. The number of nitrogens with two attached hydrogens (primary N) is 1. The van der Waals surface area contributed by atoms with Crippen LogP contribution < -0.4 is 11.1 Å². The minimum Gasteiger partial charge on any atom is -0.329 e. The quantitative estimate of drug-likeness (QED) is 0.882. The Labute approximate surface area is 139 Å². The summed E-state index contributed by atoms with van der Waals surface area (Å²) in [7, 11) is 0. The first kappa shape index (κ1) is 20.1. The zero-order chi connectivity index (χ0) is 13.9. The van der Waals surface area contributed by atoms with E-state index in [2.05, 4.69) is 49.3 Å². The average molecular weight is 330 g/mol. The summed E-state index contributed by atoms with van der Waals surface area (Å²) in [5.74, 6) is 0.484. The third-order valence-corrected chi connectivity index (χ3v) is 4.03. The summed E-state index contributed by atoms with van der Waals surface area (Å²) in [6, 6.07) is 12.4. The number of nitrogens with zero attached hydrogens (tertiary/aromatic N) is 1. The predicted molar refractivity (Wildman–Crippen MR) is 95.4 cm³/mol. The number of nitrogens with one attached hydrogen (secondary N) is 1. The fraction of sp³-hybridized carbons (Fsp3) is 0.438. The molecule has 0 saturated carbocycles. The second-order valence-corrected chi connectivity index (χ2v) is 5.63. The number of aromatic nitrogens is 1. The summed E-state index contributed by atoms with van der Waals surface area (Å²) in [6.07, 6.45) is 0. The first-order chi connectivity index (χ1) is 9.05.